The maximum Gasteiger partial charge on any atom is 0.410 e. The summed E-state index contributed by atoms with van der Waals surface area (Å²) in [4.78, 5) is 16.7. The molecule has 3 heterocycles. The van der Waals surface area contributed by atoms with Crippen LogP contribution in [0.5, 0.6) is 11.5 Å². The second-order valence-electron chi connectivity index (χ2n) is 7.93. The maximum absolute atomic E-state index is 12.3. The van der Waals surface area contributed by atoms with Gasteiger partial charge in [0.05, 0.1) is 20.8 Å². The average molecular weight is 360 g/mol. The van der Waals surface area contributed by atoms with Gasteiger partial charge in [-0.05, 0) is 43.5 Å². The number of ether oxygens (including phenoxy) is 3. The van der Waals surface area contributed by atoms with E-state index in [1.807, 2.05) is 18.7 Å². The number of nitrogens with zero attached hydrogens (tertiary/aromatic N) is 2. The van der Waals surface area contributed by atoms with Gasteiger partial charge in [0.1, 0.15) is 5.60 Å². The summed E-state index contributed by atoms with van der Waals surface area (Å²) in [5.41, 5.74) is 2.22. The van der Waals surface area contributed by atoms with Crippen LogP contribution in [0.25, 0.3) is 0 Å². The molecule has 0 radical (unpaired) electrons. The highest BCUT2D eigenvalue weighted by Crippen LogP contribution is 2.47. The third-order valence-corrected chi connectivity index (χ3v) is 6.15. The minimum absolute atomic E-state index is 0.169. The van der Waals surface area contributed by atoms with Gasteiger partial charge in [-0.2, -0.15) is 0 Å². The fourth-order valence-corrected chi connectivity index (χ4v) is 4.67. The van der Waals surface area contributed by atoms with Crippen molar-refractivity contribution in [2.45, 2.75) is 50.8 Å². The van der Waals surface area contributed by atoms with Gasteiger partial charge < -0.3 is 19.1 Å². The van der Waals surface area contributed by atoms with Crippen LogP contribution in [0.2, 0.25) is 0 Å². The third-order valence-electron chi connectivity index (χ3n) is 6.15. The zero-order chi connectivity index (χ0) is 18.5. The molecular formula is C20H28N2O4. The second kappa shape index (κ2) is 6.34. The molecule has 2 fully saturated rings. The number of carbonyl (C=O) groups is 1. The summed E-state index contributed by atoms with van der Waals surface area (Å²) in [5.74, 6) is 1.54. The summed E-state index contributed by atoms with van der Waals surface area (Å²) in [6, 6.07) is 4.64. The van der Waals surface area contributed by atoms with Gasteiger partial charge in [-0.3, -0.25) is 4.90 Å². The Morgan fingerprint density at radius 2 is 1.92 bits per heavy atom. The lowest BCUT2D eigenvalue weighted by molar-refractivity contribution is -0.0301. The fourth-order valence-electron chi connectivity index (χ4n) is 4.67. The molecule has 0 N–H and O–H groups in total. The normalized spacial score (nSPS) is 28.1. The van der Waals surface area contributed by atoms with Crippen molar-refractivity contribution in [3.63, 3.8) is 0 Å². The minimum atomic E-state index is -0.371. The first-order valence-electron chi connectivity index (χ1n) is 9.45. The standard InChI is InChI=1S/C20H28N2O4/c1-13(2)22-12-20(26-19(22)23)6-8-21-7-5-14-9-17(24-3)18(25-4)10-15(14)16(21)11-20/h9-10,13,16H,5-8,11-12H2,1-4H3/t16-,20+/m0/s1. The van der Waals surface area contributed by atoms with E-state index in [2.05, 4.69) is 17.0 Å². The number of hydrogen-bond acceptors (Lipinski definition) is 5. The summed E-state index contributed by atoms with van der Waals surface area (Å²) >= 11 is 0. The van der Waals surface area contributed by atoms with Gasteiger partial charge in [0, 0.05) is 38.0 Å². The van der Waals surface area contributed by atoms with Crippen LogP contribution in [-0.2, 0) is 11.2 Å². The highest BCUT2D eigenvalue weighted by molar-refractivity contribution is 5.71. The van der Waals surface area contributed by atoms with E-state index in [4.69, 9.17) is 14.2 Å². The first-order chi connectivity index (χ1) is 12.5. The molecular weight excluding hydrogens is 332 g/mol. The first kappa shape index (κ1) is 17.5. The topological polar surface area (TPSA) is 51.2 Å². The number of rotatable bonds is 3. The summed E-state index contributed by atoms with van der Waals surface area (Å²) < 4.78 is 16.9. The molecule has 1 amide bonds. The Morgan fingerprint density at radius 3 is 2.58 bits per heavy atom. The van der Waals surface area contributed by atoms with E-state index in [1.54, 1.807) is 14.2 Å². The second-order valence-corrected chi connectivity index (χ2v) is 7.93. The molecule has 26 heavy (non-hydrogen) atoms. The SMILES string of the molecule is COc1cc2c(cc1OC)[C@@H]1C[C@]3(CCN1CC2)CN(C(C)C)C(=O)O3. The lowest BCUT2D eigenvalue weighted by Gasteiger charge is -2.46. The van der Waals surface area contributed by atoms with E-state index < -0.39 is 0 Å². The third kappa shape index (κ3) is 2.71. The first-order valence-corrected chi connectivity index (χ1v) is 9.45. The molecule has 2 atom stereocenters. The van der Waals surface area contributed by atoms with Crippen LogP contribution in [0.3, 0.4) is 0 Å². The van der Waals surface area contributed by atoms with Crippen molar-refractivity contribution >= 4 is 6.09 Å². The zero-order valence-corrected chi connectivity index (χ0v) is 16.1. The number of carbonyl (C=O) groups excluding carboxylic acids is 1. The summed E-state index contributed by atoms with van der Waals surface area (Å²) in [6.45, 7) is 6.77. The van der Waals surface area contributed by atoms with Gasteiger partial charge in [-0.25, -0.2) is 4.79 Å². The van der Waals surface area contributed by atoms with Crippen LogP contribution in [0.1, 0.15) is 43.9 Å². The average Bonchev–Trinajstić information content (AvgIpc) is 2.96. The van der Waals surface area contributed by atoms with Crippen LogP contribution in [0.4, 0.5) is 4.79 Å². The lowest BCUT2D eigenvalue weighted by atomic mass is 9.79. The van der Waals surface area contributed by atoms with Crippen LogP contribution in [-0.4, -0.2) is 61.4 Å². The number of fused-ring (bicyclic) bond motifs is 3. The molecule has 0 aliphatic carbocycles. The van der Waals surface area contributed by atoms with Crippen molar-refractivity contribution in [1.82, 2.24) is 9.80 Å². The maximum atomic E-state index is 12.3. The summed E-state index contributed by atoms with van der Waals surface area (Å²) in [7, 11) is 3.35. The van der Waals surface area contributed by atoms with Crippen molar-refractivity contribution in [2.75, 3.05) is 33.9 Å². The molecule has 2 saturated heterocycles. The molecule has 0 unspecified atom stereocenters. The van der Waals surface area contributed by atoms with Crippen molar-refractivity contribution in [2.24, 2.45) is 0 Å². The van der Waals surface area contributed by atoms with Gasteiger partial charge in [0.15, 0.2) is 11.5 Å². The molecule has 1 spiro atoms. The predicted octanol–water partition coefficient (Wildman–Crippen LogP) is 3.00. The number of piperidine rings is 1. The van der Waals surface area contributed by atoms with E-state index in [-0.39, 0.29) is 23.8 Å². The number of methoxy groups -OCH3 is 2. The Labute approximate surface area is 155 Å². The molecule has 6 heteroatoms. The smallest absolute Gasteiger partial charge is 0.410 e. The molecule has 142 valence electrons. The lowest BCUT2D eigenvalue weighted by Crippen LogP contribution is -2.50. The number of benzene rings is 1. The van der Waals surface area contributed by atoms with Crippen molar-refractivity contribution < 1.29 is 19.0 Å². The highest BCUT2D eigenvalue weighted by atomic mass is 16.6. The molecule has 1 aromatic carbocycles. The van der Waals surface area contributed by atoms with Crippen molar-refractivity contribution in [1.29, 1.82) is 0 Å². The Balaban J connectivity index is 1.66. The molecule has 3 aliphatic heterocycles. The molecule has 4 rings (SSSR count). The van der Waals surface area contributed by atoms with Gasteiger partial charge in [0.25, 0.3) is 0 Å². The van der Waals surface area contributed by atoms with E-state index >= 15 is 0 Å². The monoisotopic (exact) mass is 360 g/mol. The van der Waals surface area contributed by atoms with Crippen molar-refractivity contribution in [3.8, 4) is 11.5 Å². The number of amides is 1. The van der Waals surface area contributed by atoms with Crippen LogP contribution >= 0.6 is 0 Å². The number of hydrogen-bond donors (Lipinski definition) is 0. The molecule has 3 aliphatic rings. The van der Waals surface area contributed by atoms with Crippen LogP contribution in [0, 0.1) is 0 Å². The van der Waals surface area contributed by atoms with E-state index in [9.17, 15) is 4.79 Å². The molecule has 0 saturated carbocycles. The van der Waals surface area contributed by atoms with Crippen molar-refractivity contribution in [3.05, 3.63) is 23.3 Å². The van der Waals surface area contributed by atoms with E-state index in [0.717, 1.165) is 43.9 Å². The Bertz CT molecular complexity index is 720. The molecule has 6 nitrogen and oxygen atoms in total. The van der Waals surface area contributed by atoms with Crippen LogP contribution in [0.15, 0.2) is 12.1 Å². The van der Waals surface area contributed by atoms with Gasteiger partial charge in [-0.15, -0.1) is 0 Å². The quantitative estimate of drug-likeness (QED) is 0.829. The Kier molecular flexibility index (Phi) is 4.26. The van der Waals surface area contributed by atoms with Crippen LogP contribution < -0.4 is 9.47 Å². The molecule has 0 aromatic heterocycles. The van der Waals surface area contributed by atoms with Gasteiger partial charge >= 0.3 is 6.09 Å². The summed E-state index contributed by atoms with van der Waals surface area (Å²) in [6.07, 6.45) is 2.58. The van der Waals surface area contributed by atoms with E-state index in [1.165, 1.54) is 11.1 Å². The Morgan fingerprint density at radius 1 is 1.19 bits per heavy atom. The fraction of sp³-hybridized carbons (Fsp3) is 0.650. The summed E-state index contributed by atoms with van der Waals surface area (Å²) in [5, 5.41) is 0. The molecule has 0 bridgehead atoms. The molecule has 1 aromatic rings. The highest BCUT2D eigenvalue weighted by Gasteiger charge is 2.51. The minimum Gasteiger partial charge on any atom is -0.493 e. The largest absolute Gasteiger partial charge is 0.493 e. The predicted molar refractivity (Wildman–Crippen MR) is 97.9 cm³/mol. The van der Waals surface area contributed by atoms with E-state index in [0.29, 0.717) is 6.54 Å². The van der Waals surface area contributed by atoms with Gasteiger partial charge in [-0.1, -0.05) is 0 Å². The van der Waals surface area contributed by atoms with Gasteiger partial charge in [0.2, 0.25) is 0 Å². The Hall–Kier alpha value is -1.95. The zero-order valence-electron chi connectivity index (χ0n) is 16.1.